The highest BCUT2D eigenvalue weighted by Gasteiger charge is 2.11. The van der Waals surface area contributed by atoms with Crippen LogP contribution >= 0.6 is 0 Å². The Morgan fingerprint density at radius 2 is 1.61 bits per heavy atom. The van der Waals surface area contributed by atoms with Crippen molar-refractivity contribution in [3.05, 3.63) is 65.5 Å². The van der Waals surface area contributed by atoms with Crippen LogP contribution in [0.3, 0.4) is 0 Å². The maximum Gasteiger partial charge on any atom is 0.237 e. The topological polar surface area (TPSA) is 69.3 Å². The first-order valence-corrected chi connectivity index (χ1v) is 12.5. The molecule has 1 amide bonds. The molecule has 0 aliphatic rings. The molecule has 0 fully saturated rings. The van der Waals surface area contributed by atoms with Gasteiger partial charge in [-0.05, 0) is 82.0 Å². The Kier molecular flexibility index (Phi) is 13.4. The summed E-state index contributed by atoms with van der Waals surface area (Å²) in [7, 11) is 0. The predicted molar refractivity (Wildman–Crippen MR) is 137 cm³/mol. The quantitative estimate of drug-likeness (QED) is 0.317. The predicted octanol–water partition coefficient (Wildman–Crippen LogP) is 3.87. The maximum atomic E-state index is 12.3. The normalized spacial score (nSPS) is 12.1. The molecule has 0 bridgehead atoms. The minimum absolute atomic E-state index is 0.00638. The number of carbonyl (C=O) groups is 1. The zero-order valence-corrected chi connectivity index (χ0v) is 20.8. The van der Waals surface area contributed by atoms with Crippen molar-refractivity contribution in [2.45, 2.75) is 72.1 Å². The second-order valence-electron chi connectivity index (χ2n) is 8.68. The number of aromatic nitrogens is 1. The number of pyridine rings is 1. The van der Waals surface area contributed by atoms with Gasteiger partial charge >= 0.3 is 0 Å². The van der Waals surface area contributed by atoms with Gasteiger partial charge in [0.2, 0.25) is 5.91 Å². The zero-order valence-electron chi connectivity index (χ0n) is 20.8. The van der Waals surface area contributed by atoms with Crippen LogP contribution in [-0.4, -0.2) is 48.0 Å². The molecule has 182 valence electrons. The van der Waals surface area contributed by atoms with Crippen LogP contribution in [0.4, 0.5) is 0 Å². The van der Waals surface area contributed by atoms with E-state index in [0.29, 0.717) is 13.1 Å². The third kappa shape index (κ3) is 11.4. The van der Waals surface area contributed by atoms with Gasteiger partial charge in [-0.25, -0.2) is 0 Å². The van der Waals surface area contributed by atoms with E-state index in [1.54, 1.807) is 6.20 Å². The minimum atomic E-state index is -0.272. The molecule has 0 saturated heterocycles. The smallest absolute Gasteiger partial charge is 0.237 e. The van der Waals surface area contributed by atoms with Gasteiger partial charge in [-0.2, -0.15) is 0 Å². The third-order valence-electron chi connectivity index (χ3n) is 5.69. The second kappa shape index (κ2) is 16.4. The Bertz CT molecular complexity index is 760. The molecule has 0 radical (unpaired) electrons. The lowest BCUT2D eigenvalue weighted by atomic mass is 10.1. The lowest BCUT2D eigenvalue weighted by Crippen LogP contribution is -2.41. The first-order valence-electron chi connectivity index (χ1n) is 12.5. The summed E-state index contributed by atoms with van der Waals surface area (Å²) >= 11 is 0. The minimum Gasteiger partial charge on any atom is -0.351 e. The second-order valence-corrected chi connectivity index (χ2v) is 8.68. The number of nitrogens with one attached hydrogen (secondary N) is 3. The Labute approximate surface area is 200 Å². The average molecular weight is 454 g/mol. The van der Waals surface area contributed by atoms with Crippen LogP contribution in [0.25, 0.3) is 0 Å². The lowest BCUT2D eigenvalue weighted by Gasteiger charge is -2.20. The standard InChI is InChI=1S/C27H43N5O/c1-4-17-32(18-5-2)19-9-8-15-28-20-24-11-13-25(14-12-24)21-31-27(33)23(3)30-22-26-10-6-7-16-29-26/h6-7,10-14,16,23,28,30H,4-5,8-9,15,17-22H2,1-3H3,(H,31,33)/t23-/m0/s1. The van der Waals surface area contributed by atoms with Crippen molar-refractivity contribution in [1.29, 1.82) is 0 Å². The Hall–Kier alpha value is -2.28. The van der Waals surface area contributed by atoms with E-state index in [2.05, 4.69) is 63.9 Å². The summed E-state index contributed by atoms with van der Waals surface area (Å²) < 4.78 is 0. The fourth-order valence-electron chi connectivity index (χ4n) is 3.76. The highest BCUT2D eigenvalue weighted by atomic mass is 16.2. The summed E-state index contributed by atoms with van der Waals surface area (Å²) in [6.07, 6.45) is 6.69. The number of benzene rings is 1. The van der Waals surface area contributed by atoms with E-state index >= 15 is 0 Å². The van der Waals surface area contributed by atoms with E-state index in [4.69, 9.17) is 0 Å². The largest absolute Gasteiger partial charge is 0.351 e. The SMILES string of the molecule is CCCN(CCC)CCCCNCc1ccc(CNC(=O)[C@H](C)NCc2ccccn2)cc1. The summed E-state index contributed by atoms with van der Waals surface area (Å²) in [6.45, 7) is 13.1. The molecule has 0 saturated carbocycles. The molecule has 2 aromatic rings. The summed E-state index contributed by atoms with van der Waals surface area (Å²) in [5.41, 5.74) is 3.31. The summed E-state index contributed by atoms with van der Waals surface area (Å²) in [6, 6.07) is 14.0. The molecule has 1 heterocycles. The van der Waals surface area contributed by atoms with E-state index in [9.17, 15) is 4.79 Å². The number of rotatable bonds is 17. The van der Waals surface area contributed by atoms with Crippen LogP contribution in [0.2, 0.25) is 0 Å². The molecule has 0 spiro atoms. The molecule has 6 nitrogen and oxygen atoms in total. The molecule has 33 heavy (non-hydrogen) atoms. The molecule has 6 heteroatoms. The number of unbranched alkanes of at least 4 members (excludes halogenated alkanes) is 1. The monoisotopic (exact) mass is 453 g/mol. The Morgan fingerprint density at radius 1 is 0.909 bits per heavy atom. The van der Waals surface area contributed by atoms with Gasteiger partial charge in [-0.3, -0.25) is 9.78 Å². The lowest BCUT2D eigenvalue weighted by molar-refractivity contribution is -0.122. The van der Waals surface area contributed by atoms with Gasteiger partial charge in [0, 0.05) is 25.8 Å². The van der Waals surface area contributed by atoms with Crippen LogP contribution < -0.4 is 16.0 Å². The van der Waals surface area contributed by atoms with Crippen LogP contribution in [0, 0.1) is 0 Å². The summed E-state index contributed by atoms with van der Waals surface area (Å²) in [5.74, 6) is -0.00638. The molecular formula is C27H43N5O. The van der Waals surface area contributed by atoms with Gasteiger partial charge in [-0.1, -0.05) is 44.2 Å². The van der Waals surface area contributed by atoms with Crippen LogP contribution in [0.15, 0.2) is 48.7 Å². The average Bonchev–Trinajstić information content (AvgIpc) is 2.84. The number of hydrogen-bond acceptors (Lipinski definition) is 5. The maximum absolute atomic E-state index is 12.3. The Morgan fingerprint density at radius 3 is 2.24 bits per heavy atom. The Balaban J connectivity index is 1.59. The molecule has 1 aromatic heterocycles. The van der Waals surface area contributed by atoms with Crippen molar-refractivity contribution in [1.82, 2.24) is 25.8 Å². The van der Waals surface area contributed by atoms with Crippen LogP contribution in [-0.2, 0) is 24.4 Å². The van der Waals surface area contributed by atoms with E-state index in [0.717, 1.165) is 24.3 Å². The van der Waals surface area contributed by atoms with Crippen LogP contribution in [0.5, 0.6) is 0 Å². The molecular weight excluding hydrogens is 410 g/mol. The molecule has 0 unspecified atom stereocenters. The molecule has 3 N–H and O–H groups in total. The molecule has 2 rings (SSSR count). The van der Waals surface area contributed by atoms with E-state index in [1.165, 1.54) is 50.9 Å². The van der Waals surface area contributed by atoms with Crippen molar-refractivity contribution in [2.75, 3.05) is 26.2 Å². The summed E-state index contributed by atoms with van der Waals surface area (Å²) in [4.78, 5) is 19.2. The third-order valence-corrected chi connectivity index (χ3v) is 5.69. The van der Waals surface area contributed by atoms with Gasteiger partial charge in [0.15, 0.2) is 0 Å². The fraction of sp³-hybridized carbons (Fsp3) is 0.556. The van der Waals surface area contributed by atoms with Gasteiger partial charge in [0.25, 0.3) is 0 Å². The number of carbonyl (C=O) groups excluding carboxylic acids is 1. The van der Waals surface area contributed by atoms with Crippen molar-refractivity contribution < 1.29 is 4.79 Å². The zero-order chi connectivity index (χ0) is 23.7. The molecule has 0 aliphatic carbocycles. The van der Waals surface area contributed by atoms with E-state index in [1.807, 2.05) is 25.1 Å². The fourth-order valence-corrected chi connectivity index (χ4v) is 3.76. The van der Waals surface area contributed by atoms with E-state index < -0.39 is 0 Å². The highest BCUT2D eigenvalue weighted by Crippen LogP contribution is 2.05. The van der Waals surface area contributed by atoms with Crippen molar-refractivity contribution >= 4 is 5.91 Å². The molecule has 1 atom stereocenters. The van der Waals surface area contributed by atoms with Crippen LogP contribution in [0.1, 0.15) is 63.3 Å². The molecule has 0 aliphatic heterocycles. The summed E-state index contributed by atoms with van der Waals surface area (Å²) in [5, 5.41) is 9.77. The van der Waals surface area contributed by atoms with Gasteiger partial charge in [0.05, 0.1) is 11.7 Å². The van der Waals surface area contributed by atoms with Crippen molar-refractivity contribution in [3.63, 3.8) is 0 Å². The number of nitrogens with zero attached hydrogens (tertiary/aromatic N) is 2. The van der Waals surface area contributed by atoms with Crippen molar-refractivity contribution in [3.8, 4) is 0 Å². The van der Waals surface area contributed by atoms with E-state index in [-0.39, 0.29) is 11.9 Å². The van der Waals surface area contributed by atoms with Gasteiger partial charge < -0.3 is 20.9 Å². The highest BCUT2D eigenvalue weighted by molar-refractivity contribution is 5.81. The first kappa shape index (κ1) is 27.0. The van der Waals surface area contributed by atoms with Crippen molar-refractivity contribution in [2.24, 2.45) is 0 Å². The number of hydrogen-bond donors (Lipinski definition) is 3. The van der Waals surface area contributed by atoms with Gasteiger partial charge in [-0.15, -0.1) is 0 Å². The van der Waals surface area contributed by atoms with Gasteiger partial charge in [0.1, 0.15) is 0 Å². The molecule has 1 aromatic carbocycles. The number of amides is 1. The first-order chi connectivity index (χ1) is 16.1.